The maximum Gasteiger partial charge on any atom is 0.128 e. The van der Waals surface area contributed by atoms with E-state index in [4.69, 9.17) is 10.4 Å². The lowest BCUT2D eigenvalue weighted by Crippen LogP contribution is -2.28. The van der Waals surface area contributed by atoms with Gasteiger partial charge < -0.3 is 10.0 Å². The summed E-state index contributed by atoms with van der Waals surface area (Å²) in [5.74, 6) is 0.810. The molecule has 0 unspecified atom stereocenters. The van der Waals surface area contributed by atoms with Crippen LogP contribution in [0.4, 0.5) is 5.82 Å². The number of pyridine rings is 1. The lowest BCUT2D eigenvalue weighted by molar-refractivity contribution is 0.301. The van der Waals surface area contributed by atoms with Crippen molar-refractivity contribution in [1.82, 2.24) is 4.98 Å². The topological polar surface area (TPSA) is 60.1 Å². The number of aliphatic hydroxyl groups is 1. The molecule has 1 aromatic rings. The van der Waals surface area contributed by atoms with Crippen molar-refractivity contribution in [3.05, 3.63) is 23.9 Å². The molecule has 0 aliphatic rings. The summed E-state index contributed by atoms with van der Waals surface area (Å²) < 4.78 is 0. The van der Waals surface area contributed by atoms with Gasteiger partial charge in [-0.3, -0.25) is 0 Å². The van der Waals surface area contributed by atoms with E-state index in [0.29, 0.717) is 12.1 Å². The fourth-order valence-corrected chi connectivity index (χ4v) is 1.37. The van der Waals surface area contributed by atoms with Gasteiger partial charge in [-0.25, -0.2) is 4.98 Å². The Bertz CT molecular complexity index is 323. The third-order valence-electron chi connectivity index (χ3n) is 2.06. The van der Waals surface area contributed by atoms with Crippen molar-refractivity contribution >= 4 is 5.82 Å². The second kappa shape index (κ2) is 5.99. The first-order chi connectivity index (χ1) is 7.31. The van der Waals surface area contributed by atoms with Gasteiger partial charge in [0.25, 0.3) is 0 Å². The molecular formula is C11H15N3O. The van der Waals surface area contributed by atoms with Crippen LogP contribution >= 0.6 is 0 Å². The van der Waals surface area contributed by atoms with E-state index >= 15 is 0 Å². The van der Waals surface area contributed by atoms with Crippen molar-refractivity contribution in [2.45, 2.75) is 13.3 Å². The molecule has 1 heterocycles. The summed E-state index contributed by atoms with van der Waals surface area (Å²) >= 11 is 0. The van der Waals surface area contributed by atoms with Gasteiger partial charge in [0.15, 0.2) is 0 Å². The van der Waals surface area contributed by atoms with Crippen LogP contribution in [0.3, 0.4) is 0 Å². The van der Waals surface area contributed by atoms with Crippen LogP contribution < -0.4 is 4.90 Å². The van der Waals surface area contributed by atoms with Crippen LogP contribution in [0.1, 0.15) is 18.9 Å². The van der Waals surface area contributed by atoms with E-state index in [1.165, 1.54) is 0 Å². The van der Waals surface area contributed by atoms with Crippen LogP contribution in [0.5, 0.6) is 0 Å². The summed E-state index contributed by atoms with van der Waals surface area (Å²) in [5, 5.41) is 17.5. The first kappa shape index (κ1) is 11.5. The smallest absolute Gasteiger partial charge is 0.128 e. The van der Waals surface area contributed by atoms with Crippen LogP contribution in [0.25, 0.3) is 0 Å². The largest absolute Gasteiger partial charge is 0.395 e. The molecule has 1 rings (SSSR count). The number of nitriles is 1. The molecule has 0 amide bonds. The van der Waals surface area contributed by atoms with E-state index in [9.17, 15) is 0 Å². The van der Waals surface area contributed by atoms with Gasteiger partial charge in [-0.15, -0.1) is 0 Å². The van der Waals surface area contributed by atoms with Crippen LogP contribution in [-0.2, 0) is 0 Å². The molecule has 1 aromatic heterocycles. The highest BCUT2D eigenvalue weighted by atomic mass is 16.3. The number of aliphatic hydroxyl groups excluding tert-OH is 1. The summed E-state index contributed by atoms with van der Waals surface area (Å²) in [6.45, 7) is 3.63. The van der Waals surface area contributed by atoms with Gasteiger partial charge in [-0.05, 0) is 18.6 Å². The molecule has 0 fully saturated rings. The third kappa shape index (κ3) is 3.22. The van der Waals surface area contributed by atoms with Gasteiger partial charge >= 0.3 is 0 Å². The predicted molar refractivity (Wildman–Crippen MR) is 58.5 cm³/mol. The summed E-state index contributed by atoms with van der Waals surface area (Å²) in [7, 11) is 0. The van der Waals surface area contributed by atoms with Gasteiger partial charge in [-0.2, -0.15) is 5.26 Å². The number of hydrogen-bond acceptors (Lipinski definition) is 4. The molecule has 0 spiro atoms. The predicted octanol–water partition coefficient (Wildman–Crippen LogP) is 1.16. The molecule has 0 aromatic carbocycles. The number of hydrogen-bond donors (Lipinski definition) is 1. The van der Waals surface area contributed by atoms with Gasteiger partial charge in [0, 0.05) is 19.3 Å². The fourth-order valence-electron chi connectivity index (χ4n) is 1.37. The van der Waals surface area contributed by atoms with Gasteiger partial charge in [0.1, 0.15) is 11.9 Å². The standard InChI is InChI=1S/C11H15N3O/c1-2-5-14(6-7-15)11-4-3-10(8-12)9-13-11/h3-4,9,15H,2,5-7H2,1H3. The van der Waals surface area contributed by atoms with Gasteiger partial charge in [0.2, 0.25) is 0 Å². The molecule has 0 saturated heterocycles. The van der Waals surface area contributed by atoms with E-state index in [1.54, 1.807) is 12.3 Å². The molecule has 0 radical (unpaired) electrons. The SMILES string of the molecule is CCCN(CCO)c1ccc(C#N)cn1. The average Bonchev–Trinajstić information content (AvgIpc) is 2.29. The second-order valence-electron chi connectivity index (χ2n) is 3.23. The van der Waals surface area contributed by atoms with Crippen LogP contribution in [-0.4, -0.2) is 29.8 Å². The minimum atomic E-state index is 0.113. The zero-order chi connectivity index (χ0) is 11.1. The Morgan fingerprint density at radius 1 is 1.47 bits per heavy atom. The van der Waals surface area contributed by atoms with Crippen molar-refractivity contribution in [1.29, 1.82) is 5.26 Å². The second-order valence-corrected chi connectivity index (χ2v) is 3.23. The Labute approximate surface area is 89.8 Å². The summed E-state index contributed by atoms with van der Waals surface area (Å²) in [4.78, 5) is 6.18. The molecule has 15 heavy (non-hydrogen) atoms. The van der Waals surface area contributed by atoms with Crippen molar-refractivity contribution in [3.8, 4) is 6.07 Å². The van der Waals surface area contributed by atoms with E-state index in [2.05, 4.69) is 11.9 Å². The maximum absolute atomic E-state index is 8.90. The van der Waals surface area contributed by atoms with Crippen LogP contribution in [0.15, 0.2) is 18.3 Å². The Balaban J connectivity index is 2.77. The number of anilines is 1. The minimum absolute atomic E-state index is 0.113. The monoisotopic (exact) mass is 205 g/mol. The Kier molecular flexibility index (Phi) is 4.58. The lowest BCUT2D eigenvalue weighted by Gasteiger charge is -2.21. The molecule has 4 nitrogen and oxygen atoms in total. The van der Waals surface area contributed by atoms with Gasteiger partial charge in [0.05, 0.1) is 12.2 Å². The van der Waals surface area contributed by atoms with E-state index in [0.717, 1.165) is 18.8 Å². The molecule has 0 aliphatic heterocycles. The number of nitrogens with zero attached hydrogens (tertiary/aromatic N) is 3. The quantitative estimate of drug-likeness (QED) is 0.783. The first-order valence-corrected chi connectivity index (χ1v) is 5.03. The van der Waals surface area contributed by atoms with E-state index < -0.39 is 0 Å². The molecule has 0 atom stereocenters. The van der Waals surface area contributed by atoms with Crippen molar-refractivity contribution < 1.29 is 5.11 Å². The highest BCUT2D eigenvalue weighted by molar-refractivity contribution is 5.41. The first-order valence-electron chi connectivity index (χ1n) is 5.03. The maximum atomic E-state index is 8.90. The molecular weight excluding hydrogens is 190 g/mol. The molecule has 0 aliphatic carbocycles. The summed E-state index contributed by atoms with van der Waals surface area (Å²) in [6.07, 6.45) is 2.55. The Hall–Kier alpha value is -1.60. The van der Waals surface area contributed by atoms with Crippen molar-refractivity contribution in [2.24, 2.45) is 0 Å². The third-order valence-corrected chi connectivity index (χ3v) is 2.06. The van der Waals surface area contributed by atoms with E-state index in [1.807, 2.05) is 17.0 Å². The molecule has 0 saturated carbocycles. The van der Waals surface area contributed by atoms with Crippen molar-refractivity contribution in [2.75, 3.05) is 24.6 Å². The number of rotatable bonds is 5. The van der Waals surface area contributed by atoms with E-state index in [-0.39, 0.29) is 6.61 Å². The molecule has 0 bridgehead atoms. The van der Waals surface area contributed by atoms with Crippen LogP contribution in [0, 0.1) is 11.3 Å². The van der Waals surface area contributed by atoms with Gasteiger partial charge in [-0.1, -0.05) is 6.92 Å². The molecule has 80 valence electrons. The summed E-state index contributed by atoms with van der Waals surface area (Å²) in [6, 6.07) is 5.57. The zero-order valence-corrected chi connectivity index (χ0v) is 8.85. The summed E-state index contributed by atoms with van der Waals surface area (Å²) in [5.41, 5.74) is 0.555. The Morgan fingerprint density at radius 3 is 2.73 bits per heavy atom. The van der Waals surface area contributed by atoms with Crippen LogP contribution in [0.2, 0.25) is 0 Å². The van der Waals surface area contributed by atoms with Crippen molar-refractivity contribution in [3.63, 3.8) is 0 Å². The highest BCUT2D eigenvalue weighted by Gasteiger charge is 2.05. The minimum Gasteiger partial charge on any atom is -0.395 e. The lowest BCUT2D eigenvalue weighted by atomic mass is 10.3. The normalized spacial score (nSPS) is 9.67. The molecule has 4 heteroatoms. The Morgan fingerprint density at radius 2 is 2.27 bits per heavy atom. The molecule has 1 N–H and O–H groups in total. The number of aromatic nitrogens is 1. The zero-order valence-electron chi connectivity index (χ0n) is 8.85. The highest BCUT2D eigenvalue weighted by Crippen LogP contribution is 2.10. The average molecular weight is 205 g/mol. The fraction of sp³-hybridized carbons (Fsp3) is 0.455.